The van der Waals surface area contributed by atoms with Crippen molar-refractivity contribution in [1.29, 1.82) is 0 Å². The van der Waals surface area contributed by atoms with Gasteiger partial charge in [0.2, 0.25) is 5.95 Å². The molecule has 24 heavy (non-hydrogen) atoms. The summed E-state index contributed by atoms with van der Waals surface area (Å²) in [6.07, 6.45) is 1.72. The Labute approximate surface area is 153 Å². The number of hydrazone groups is 1. The topological polar surface area (TPSA) is 71.5 Å². The Morgan fingerprint density at radius 1 is 1.33 bits per heavy atom. The second-order valence-corrected chi connectivity index (χ2v) is 6.10. The summed E-state index contributed by atoms with van der Waals surface area (Å²) in [5, 5.41) is 4.23. The van der Waals surface area contributed by atoms with Crippen LogP contribution in [0.4, 0.5) is 5.95 Å². The monoisotopic (exact) mass is 436 g/mol. The lowest BCUT2D eigenvalue weighted by molar-refractivity contribution is 0.308. The molecule has 2 N–H and O–H groups in total. The van der Waals surface area contributed by atoms with Crippen molar-refractivity contribution in [2.45, 2.75) is 6.92 Å². The second-order valence-electron chi connectivity index (χ2n) is 4.94. The second kappa shape index (κ2) is 7.52. The van der Waals surface area contributed by atoms with Crippen LogP contribution < -0.4 is 14.9 Å². The maximum Gasteiger partial charge on any atom is 0.222 e. The van der Waals surface area contributed by atoms with E-state index in [1.165, 1.54) is 0 Å². The average molecular weight is 436 g/mol. The number of methoxy groups -OCH3 is 1. The molecular weight excluding hydrogens is 419 g/mol. The van der Waals surface area contributed by atoms with Crippen molar-refractivity contribution < 1.29 is 9.47 Å². The van der Waals surface area contributed by atoms with Crippen molar-refractivity contribution in [2.75, 3.05) is 19.1 Å². The van der Waals surface area contributed by atoms with E-state index < -0.39 is 0 Å². The fourth-order valence-electron chi connectivity index (χ4n) is 2.27. The summed E-state index contributed by atoms with van der Waals surface area (Å²) in [5.74, 6) is 2.04. The fourth-order valence-corrected chi connectivity index (χ4v) is 3.05. The van der Waals surface area contributed by atoms with Gasteiger partial charge in [-0.15, -0.1) is 0 Å². The minimum Gasteiger partial charge on any atom is -0.493 e. The first-order valence-corrected chi connectivity index (χ1v) is 8.53. The van der Waals surface area contributed by atoms with E-state index in [4.69, 9.17) is 9.47 Å². The van der Waals surface area contributed by atoms with Gasteiger partial charge in [-0.1, -0.05) is 12.1 Å². The normalized spacial score (nSPS) is 11.1. The van der Waals surface area contributed by atoms with Crippen molar-refractivity contribution in [2.24, 2.45) is 5.10 Å². The van der Waals surface area contributed by atoms with E-state index in [9.17, 15) is 0 Å². The predicted molar refractivity (Wildman–Crippen MR) is 104 cm³/mol. The Balaban J connectivity index is 1.77. The maximum atomic E-state index is 5.61. The van der Waals surface area contributed by atoms with Crippen molar-refractivity contribution in [3.05, 3.63) is 45.5 Å². The zero-order chi connectivity index (χ0) is 16.9. The number of nitrogens with zero attached hydrogens (tertiary/aromatic N) is 2. The lowest BCUT2D eigenvalue weighted by Gasteiger charge is -2.11. The van der Waals surface area contributed by atoms with E-state index in [-0.39, 0.29) is 0 Å². The van der Waals surface area contributed by atoms with Crippen molar-refractivity contribution in [3.63, 3.8) is 0 Å². The third kappa shape index (κ3) is 3.61. The number of benzene rings is 2. The van der Waals surface area contributed by atoms with E-state index in [1.54, 1.807) is 13.3 Å². The van der Waals surface area contributed by atoms with E-state index in [2.05, 4.69) is 43.1 Å². The molecule has 0 unspecified atom stereocenters. The third-order valence-corrected chi connectivity index (χ3v) is 4.12. The largest absolute Gasteiger partial charge is 0.493 e. The molecule has 0 aliphatic rings. The highest BCUT2D eigenvalue weighted by Gasteiger charge is 2.10. The van der Waals surface area contributed by atoms with Crippen molar-refractivity contribution >= 4 is 45.8 Å². The number of nitrogens with one attached hydrogen (secondary N) is 2. The van der Waals surface area contributed by atoms with Crippen LogP contribution in [0.2, 0.25) is 0 Å². The van der Waals surface area contributed by atoms with Crippen LogP contribution in [0.3, 0.4) is 0 Å². The van der Waals surface area contributed by atoms with Crippen LogP contribution in [-0.2, 0) is 0 Å². The molecule has 0 fully saturated rings. The van der Waals surface area contributed by atoms with Gasteiger partial charge < -0.3 is 14.5 Å². The molecule has 3 rings (SSSR count). The third-order valence-electron chi connectivity index (χ3n) is 3.31. The average Bonchev–Trinajstić information content (AvgIpc) is 2.99. The number of rotatable bonds is 6. The summed E-state index contributed by atoms with van der Waals surface area (Å²) >= 11 is 2.23. The zero-order valence-electron chi connectivity index (χ0n) is 13.3. The predicted octanol–water partition coefficient (Wildman–Crippen LogP) is 4.02. The summed E-state index contributed by atoms with van der Waals surface area (Å²) in [7, 11) is 1.63. The molecular formula is C17H17IN4O2. The molecule has 3 aromatic rings. The number of ether oxygens (including phenoxy) is 2. The number of imidazole rings is 1. The highest BCUT2D eigenvalue weighted by molar-refractivity contribution is 14.1. The lowest BCUT2D eigenvalue weighted by atomic mass is 10.2. The van der Waals surface area contributed by atoms with Gasteiger partial charge in [0.25, 0.3) is 0 Å². The lowest BCUT2D eigenvalue weighted by Crippen LogP contribution is -1.99. The minimum absolute atomic E-state index is 0.591. The smallest absolute Gasteiger partial charge is 0.222 e. The molecule has 0 aliphatic carbocycles. The molecule has 0 saturated heterocycles. The van der Waals surface area contributed by atoms with Gasteiger partial charge in [-0.3, -0.25) is 0 Å². The highest BCUT2D eigenvalue weighted by Crippen LogP contribution is 2.33. The summed E-state index contributed by atoms with van der Waals surface area (Å²) in [6.45, 7) is 2.54. The number of aromatic nitrogens is 2. The molecule has 0 spiro atoms. The van der Waals surface area contributed by atoms with Crippen LogP contribution in [0.5, 0.6) is 11.5 Å². The van der Waals surface area contributed by atoms with Crippen LogP contribution in [0, 0.1) is 3.57 Å². The van der Waals surface area contributed by atoms with Gasteiger partial charge in [-0.2, -0.15) is 5.10 Å². The molecule has 0 amide bonds. The molecule has 7 heteroatoms. The van der Waals surface area contributed by atoms with Gasteiger partial charge in [0.05, 0.1) is 34.5 Å². The van der Waals surface area contributed by atoms with Crippen LogP contribution >= 0.6 is 22.6 Å². The fraction of sp³-hybridized carbons (Fsp3) is 0.176. The maximum absolute atomic E-state index is 5.61. The SMILES string of the molecule is CCOc1c(I)cc(/C=N/Nc2nc3ccccc3[nH]2)cc1OC. The molecule has 0 atom stereocenters. The first-order valence-electron chi connectivity index (χ1n) is 7.45. The highest BCUT2D eigenvalue weighted by atomic mass is 127. The van der Waals surface area contributed by atoms with Gasteiger partial charge >= 0.3 is 0 Å². The molecule has 0 aliphatic heterocycles. The number of para-hydroxylation sites is 2. The number of anilines is 1. The van der Waals surface area contributed by atoms with Crippen LogP contribution in [0.1, 0.15) is 12.5 Å². The summed E-state index contributed by atoms with van der Waals surface area (Å²) in [6, 6.07) is 11.7. The van der Waals surface area contributed by atoms with E-state index in [0.717, 1.165) is 25.9 Å². The van der Waals surface area contributed by atoms with E-state index >= 15 is 0 Å². The number of hydrogen-bond acceptors (Lipinski definition) is 5. The Hall–Kier alpha value is -2.29. The van der Waals surface area contributed by atoms with Gasteiger partial charge in [0.1, 0.15) is 0 Å². The minimum atomic E-state index is 0.591. The standard InChI is InChI=1S/C17H17IN4O2/c1-3-24-16-12(18)8-11(9-15(16)23-2)10-19-22-17-20-13-6-4-5-7-14(13)21-17/h4-10H,3H2,1-2H3,(H2,20,21,22)/b19-10+. The summed E-state index contributed by atoms with van der Waals surface area (Å²) in [4.78, 5) is 7.57. The summed E-state index contributed by atoms with van der Waals surface area (Å²) < 4.78 is 12.0. The molecule has 1 heterocycles. The number of fused-ring (bicyclic) bond motifs is 1. The Bertz CT molecular complexity index is 843. The zero-order valence-corrected chi connectivity index (χ0v) is 15.5. The van der Waals surface area contributed by atoms with E-state index in [1.807, 2.05) is 43.3 Å². The molecule has 0 saturated carbocycles. The van der Waals surface area contributed by atoms with Gasteiger partial charge in [-0.05, 0) is 59.3 Å². The molecule has 0 radical (unpaired) electrons. The van der Waals surface area contributed by atoms with Gasteiger partial charge in [0, 0.05) is 0 Å². The van der Waals surface area contributed by atoms with Crippen molar-refractivity contribution in [3.8, 4) is 11.5 Å². The molecule has 6 nitrogen and oxygen atoms in total. The molecule has 1 aromatic heterocycles. The number of hydrogen-bond donors (Lipinski definition) is 2. The van der Waals surface area contributed by atoms with Crippen LogP contribution in [0.15, 0.2) is 41.5 Å². The van der Waals surface area contributed by atoms with Crippen LogP contribution in [-0.4, -0.2) is 29.9 Å². The Kier molecular flexibility index (Phi) is 5.19. The Morgan fingerprint density at radius 3 is 2.92 bits per heavy atom. The summed E-state index contributed by atoms with van der Waals surface area (Å²) in [5.41, 5.74) is 5.67. The van der Waals surface area contributed by atoms with Gasteiger partial charge in [-0.25, -0.2) is 10.4 Å². The number of halogens is 1. The van der Waals surface area contributed by atoms with Gasteiger partial charge in [0.15, 0.2) is 11.5 Å². The number of H-pyrrole nitrogens is 1. The van der Waals surface area contributed by atoms with Crippen LogP contribution in [0.25, 0.3) is 11.0 Å². The van der Waals surface area contributed by atoms with Crippen molar-refractivity contribution in [1.82, 2.24) is 9.97 Å². The molecule has 124 valence electrons. The first kappa shape index (κ1) is 16.6. The molecule has 0 bridgehead atoms. The number of aromatic amines is 1. The molecule has 2 aromatic carbocycles. The first-order chi connectivity index (χ1) is 11.7. The Morgan fingerprint density at radius 2 is 2.17 bits per heavy atom. The van der Waals surface area contributed by atoms with E-state index in [0.29, 0.717) is 18.3 Å². The quantitative estimate of drug-likeness (QED) is 0.348.